The molecule has 2 fully saturated rings. The lowest BCUT2D eigenvalue weighted by atomic mass is 9.95. The predicted molar refractivity (Wildman–Crippen MR) is 118 cm³/mol. The standard InChI is InChI=1S/C25H27N3O4/c26-16-20-5-1-2-6-22(20)18-32-23-9-3-7-19(15-23)24(29)28-10-4-8-21(17-28)25(30)27-11-13-31-14-12-27/h1-3,5-7,9,15,21H,4,8,10-14,17-18H2. The fourth-order valence-electron chi connectivity index (χ4n) is 4.22. The largest absolute Gasteiger partial charge is 0.489 e. The van der Waals surface area contributed by atoms with E-state index in [1.54, 1.807) is 35.2 Å². The van der Waals surface area contributed by atoms with Crippen molar-refractivity contribution in [2.45, 2.75) is 19.4 Å². The van der Waals surface area contributed by atoms with Crippen LogP contribution < -0.4 is 4.74 Å². The van der Waals surface area contributed by atoms with Gasteiger partial charge in [-0.1, -0.05) is 24.3 Å². The molecule has 4 rings (SSSR count). The highest BCUT2D eigenvalue weighted by molar-refractivity contribution is 5.95. The summed E-state index contributed by atoms with van der Waals surface area (Å²) in [7, 11) is 0. The van der Waals surface area contributed by atoms with Crippen LogP contribution in [0.2, 0.25) is 0 Å². The van der Waals surface area contributed by atoms with Gasteiger partial charge in [-0.15, -0.1) is 0 Å². The van der Waals surface area contributed by atoms with Gasteiger partial charge >= 0.3 is 0 Å². The van der Waals surface area contributed by atoms with E-state index < -0.39 is 0 Å². The Kier molecular flexibility index (Phi) is 7.03. The van der Waals surface area contributed by atoms with Crippen molar-refractivity contribution in [3.8, 4) is 11.8 Å². The molecule has 0 N–H and O–H groups in total. The Bertz CT molecular complexity index is 1010. The van der Waals surface area contributed by atoms with Gasteiger partial charge in [-0.05, 0) is 37.1 Å². The number of hydrogen-bond donors (Lipinski definition) is 0. The second-order valence-corrected chi connectivity index (χ2v) is 8.11. The third-order valence-electron chi connectivity index (χ3n) is 5.99. The van der Waals surface area contributed by atoms with E-state index in [1.165, 1.54) is 0 Å². The summed E-state index contributed by atoms with van der Waals surface area (Å²) in [6, 6.07) is 16.5. The average molecular weight is 434 g/mol. The molecule has 1 atom stereocenters. The first-order valence-electron chi connectivity index (χ1n) is 11.0. The van der Waals surface area contributed by atoms with E-state index in [1.807, 2.05) is 23.1 Å². The van der Waals surface area contributed by atoms with E-state index in [-0.39, 0.29) is 24.3 Å². The Labute approximate surface area is 188 Å². The molecule has 7 heteroatoms. The third kappa shape index (κ3) is 5.09. The van der Waals surface area contributed by atoms with Crippen molar-refractivity contribution in [3.05, 3.63) is 65.2 Å². The molecule has 0 aromatic heterocycles. The van der Waals surface area contributed by atoms with Gasteiger partial charge in [0.15, 0.2) is 0 Å². The van der Waals surface area contributed by atoms with Crippen LogP contribution in [0.5, 0.6) is 5.75 Å². The molecule has 0 saturated carbocycles. The zero-order chi connectivity index (χ0) is 22.3. The van der Waals surface area contributed by atoms with Crippen LogP contribution >= 0.6 is 0 Å². The number of piperidine rings is 1. The molecule has 2 saturated heterocycles. The second kappa shape index (κ2) is 10.3. The minimum atomic E-state index is -0.160. The van der Waals surface area contributed by atoms with Gasteiger partial charge in [0.2, 0.25) is 5.91 Å². The number of carbonyl (C=O) groups is 2. The molecule has 2 aliphatic rings. The zero-order valence-electron chi connectivity index (χ0n) is 18.0. The quantitative estimate of drug-likeness (QED) is 0.724. The smallest absolute Gasteiger partial charge is 0.254 e. The number of ether oxygens (including phenoxy) is 2. The monoisotopic (exact) mass is 433 g/mol. The highest BCUT2D eigenvalue weighted by atomic mass is 16.5. The number of benzene rings is 2. The molecule has 32 heavy (non-hydrogen) atoms. The summed E-state index contributed by atoms with van der Waals surface area (Å²) in [6.07, 6.45) is 1.62. The molecule has 2 aromatic carbocycles. The molecule has 0 bridgehead atoms. The number of rotatable bonds is 5. The van der Waals surface area contributed by atoms with Crippen molar-refractivity contribution in [1.82, 2.24) is 9.80 Å². The Balaban J connectivity index is 1.39. The highest BCUT2D eigenvalue weighted by Gasteiger charge is 2.32. The minimum absolute atomic E-state index is 0.0904. The Morgan fingerprint density at radius 2 is 1.88 bits per heavy atom. The van der Waals surface area contributed by atoms with Crippen LogP contribution in [0.1, 0.15) is 34.3 Å². The molecule has 2 heterocycles. The van der Waals surface area contributed by atoms with Crippen molar-refractivity contribution in [3.63, 3.8) is 0 Å². The van der Waals surface area contributed by atoms with Crippen LogP contribution in [0.3, 0.4) is 0 Å². The molecule has 2 aliphatic heterocycles. The maximum Gasteiger partial charge on any atom is 0.254 e. The van der Waals surface area contributed by atoms with Crippen molar-refractivity contribution in [1.29, 1.82) is 5.26 Å². The first-order valence-corrected chi connectivity index (χ1v) is 11.0. The fraction of sp³-hybridized carbons (Fsp3) is 0.400. The summed E-state index contributed by atoms with van der Waals surface area (Å²) in [6.45, 7) is 3.73. The van der Waals surface area contributed by atoms with Crippen molar-refractivity contribution in [2.75, 3.05) is 39.4 Å². The fourth-order valence-corrected chi connectivity index (χ4v) is 4.22. The summed E-state index contributed by atoms with van der Waals surface area (Å²) in [5.41, 5.74) is 1.91. The molecule has 0 spiro atoms. The van der Waals surface area contributed by atoms with Crippen LogP contribution in [-0.4, -0.2) is 61.0 Å². The predicted octanol–water partition coefficient (Wildman–Crippen LogP) is 2.85. The second-order valence-electron chi connectivity index (χ2n) is 8.11. The molecule has 2 aromatic rings. The number of nitrogens with zero attached hydrogens (tertiary/aromatic N) is 3. The van der Waals surface area contributed by atoms with Gasteiger partial charge in [0, 0.05) is 37.3 Å². The number of nitriles is 1. The summed E-state index contributed by atoms with van der Waals surface area (Å²) < 4.78 is 11.2. The minimum Gasteiger partial charge on any atom is -0.489 e. The first kappa shape index (κ1) is 21.8. The molecule has 0 radical (unpaired) electrons. The van der Waals surface area contributed by atoms with Crippen molar-refractivity contribution >= 4 is 11.8 Å². The van der Waals surface area contributed by atoms with Crippen molar-refractivity contribution < 1.29 is 19.1 Å². The van der Waals surface area contributed by atoms with Crippen LogP contribution in [-0.2, 0) is 16.1 Å². The first-order chi connectivity index (χ1) is 15.7. The molecule has 0 aliphatic carbocycles. The van der Waals surface area contributed by atoms with Gasteiger partial charge in [0.1, 0.15) is 12.4 Å². The number of likely N-dealkylation sites (tertiary alicyclic amines) is 1. The SMILES string of the molecule is N#Cc1ccccc1COc1cccc(C(=O)N2CCCC(C(=O)N3CCOCC3)C2)c1. The van der Waals surface area contributed by atoms with Crippen LogP contribution in [0, 0.1) is 17.2 Å². The molecular weight excluding hydrogens is 406 g/mol. The number of carbonyl (C=O) groups excluding carboxylic acids is 2. The third-order valence-corrected chi connectivity index (χ3v) is 5.99. The van der Waals surface area contributed by atoms with E-state index >= 15 is 0 Å². The lowest BCUT2D eigenvalue weighted by Crippen LogP contribution is -2.49. The highest BCUT2D eigenvalue weighted by Crippen LogP contribution is 2.23. The normalized spacial score (nSPS) is 18.7. The van der Waals surface area contributed by atoms with Crippen LogP contribution in [0.25, 0.3) is 0 Å². The maximum atomic E-state index is 13.2. The van der Waals surface area contributed by atoms with Gasteiger partial charge in [-0.3, -0.25) is 9.59 Å². The van der Waals surface area contributed by atoms with Crippen LogP contribution in [0.15, 0.2) is 48.5 Å². The molecule has 1 unspecified atom stereocenters. The Morgan fingerprint density at radius 3 is 2.69 bits per heavy atom. The van der Waals surface area contributed by atoms with E-state index in [0.717, 1.165) is 18.4 Å². The lowest BCUT2D eigenvalue weighted by Gasteiger charge is -2.36. The number of morpholine rings is 1. The molecular formula is C25H27N3O4. The van der Waals surface area contributed by atoms with Crippen molar-refractivity contribution in [2.24, 2.45) is 5.92 Å². The van der Waals surface area contributed by atoms with Gasteiger partial charge in [0.05, 0.1) is 30.8 Å². The Hall–Kier alpha value is -3.37. The lowest BCUT2D eigenvalue weighted by molar-refractivity contribution is -0.141. The Morgan fingerprint density at radius 1 is 1.06 bits per heavy atom. The van der Waals surface area contributed by atoms with Crippen LogP contribution in [0.4, 0.5) is 0 Å². The topological polar surface area (TPSA) is 82.9 Å². The van der Waals surface area contributed by atoms with Gasteiger partial charge in [0.25, 0.3) is 5.91 Å². The van der Waals surface area contributed by atoms with E-state index in [2.05, 4.69) is 6.07 Å². The molecule has 166 valence electrons. The summed E-state index contributed by atoms with van der Waals surface area (Å²) in [5.74, 6) is 0.445. The van der Waals surface area contributed by atoms with E-state index in [0.29, 0.717) is 56.3 Å². The van der Waals surface area contributed by atoms with Gasteiger partial charge < -0.3 is 19.3 Å². The zero-order valence-corrected chi connectivity index (χ0v) is 18.0. The number of amides is 2. The van der Waals surface area contributed by atoms with Gasteiger partial charge in [-0.25, -0.2) is 0 Å². The summed E-state index contributed by atoms with van der Waals surface area (Å²) in [4.78, 5) is 29.7. The van der Waals surface area contributed by atoms with Gasteiger partial charge in [-0.2, -0.15) is 5.26 Å². The van der Waals surface area contributed by atoms with E-state index in [4.69, 9.17) is 9.47 Å². The number of hydrogen-bond acceptors (Lipinski definition) is 5. The summed E-state index contributed by atoms with van der Waals surface area (Å²) in [5, 5.41) is 9.23. The average Bonchev–Trinajstić information content (AvgIpc) is 2.87. The molecule has 2 amide bonds. The summed E-state index contributed by atoms with van der Waals surface area (Å²) >= 11 is 0. The molecule has 7 nitrogen and oxygen atoms in total. The van der Waals surface area contributed by atoms with E-state index in [9.17, 15) is 14.9 Å². The maximum absolute atomic E-state index is 13.2.